The Kier molecular flexibility index (Phi) is 6.06. The zero-order chi connectivity index (χ0) is 16.8. The van der Waals surface area contributed by atoms with E-state index < -0.39 is 0 Å². The maximum atomic E-state index is 11.6. The third-order valence-corrected chi connectivity index (χ3v) is 3.44. The van der Waals surface area contributed by atoms with E-state index in [1.54, 1.807) is 30.3 Å². The first-order valence-corrected chi connectivity index (χ1v) is 7.79. The molecule has 8 heteroatoms. The molecular weight excluding hydrogens is 386 g/mol. The predicted octanol–water partition coefficient (Wildman–Crippen LogP) is 3.29. The quantitative estimate of drug-likeness (QED) is 0.597. The summed E-state index contributed by atoms with van der Waals surface area (Å²) in [5.41, 5.74) is 2.36. The van der Waals surface area contributed by atoms with Crippen LogP contribution in [0.4, 0.5) is 5.88 Å². The second-order valence-corrected chi connectivity index (χ2v) is 6.03. The van der Waals surface area contributed by atoms with Crippen LogP contribution in [0.3, 0.4) is 0 Å². The van der Waals surface area contributed by atoms with Crippen molar-refractivity contribution >= 4 is 45.5 Å². The molecule has 0 bridgehead atoms. The molecule has 0 atom stereocenters. The Bertz CT molecular complexity index is 716. The first kappa shape index (κ1) is 17.4. The molecule has 1 heterocycles. The van der Waals surface area contributed by atoms with Crippen molar-refractivity contribution < 1.29 is 13.9 Å². The van der Waals surface area contributed by atoms with Gasteiger partial charge in [-0.3, -0.25) is 4.79 Å². The maximum absolute atomic E-state index is 11.6. The molecule has 0 fully saturated rings. The molecule has 0 spiro atoms. The molecule has 2 aromatic rings. The molecule has 0 aliphatic carbocycles. The van der Waals surface area contributed by atoms with Gasteiger partial charge >= 0.3 is 0 Å². The number of amides is 1. The molecule has 0 unspecified atom stereocenters. The Morgan fingerprint density at radius 3 is 2.91 bits per heavy atom. The Morgan fingerprint density at radius 1 is 1.48 bits per heavy atom. The number of hydrogen-bond acceptors (Lipinski definition) is 5. The summed E-state index contributed by atoms with van der Waals surface area (Å²) in [5, 5.41) is 4.36. The second kappa shape index (κ2) is 8.03. The molecular formula is C15H15BrClN3O3. The van der Waals surface area contributed by atoms with Gasteiger partial charge < -0.3 is 14.1 Å². The number of benzene rings is 1. The molecule has 0 saturated carbocycles. The van der Waals surface area contributed by atoms with Crippen LogP contribution in [0.15, 0.2) is 44.3 Å². The van der Waals surface area contributed by atoms with Crippen LogP contribution in [0.1, 0.15) is 5.76 Å². The van der Waals surface area contributed by atoms with E-state index in [1.807, 2.05) is 19.0 Å². The average molecular weight is 401 g/mol. The number of nitrogens with zero attached hydrogens (tertiary/aromatic N) is 2. The van der Waals surface area contributed by atoms with Crippen LogP contribution in [0, 0.1) is 0 Å². The zero-order valence-electron chi connectivity index (χ0n) is 12.5. The smallest absolute Gasteiger partial charge is 0.277 e. The number of nitrogens with one attached hydrogen (secondary N) is 1. The lowest BCUT2D eigenvalue weighted by Crippen LogP contribution is -2.24. The number of anilines is 1. The highest BCUT2D eigenvalue weighted by Crippen LogP contribution is 2.27. The van der Waals surface area contributed by atoms with Gasteiger partial charge in [0.15, 0.2) is 12.4 Å². The molecule has 0 radical (unpaired) electrons. The number of furan rings is 1. The van der Waals surface area contributed by atoms with E-state index in [0.717, 1.165) is 4.47 Å². The summed E-state index contributed by atoms with van der Waals surface area (Å²) < 4.78 is 11.6. The van der Waals surface area contributed by atoms with Gasteiger partial charge in [0.05, 0.1) is 10.7 Å². The topological polar surface area (TPSA) is 67.1 Å². The molecule has 1 amide bonds. The minimum atomic E-state index is -0.389. The Hall–Kier alpha value is -1.99. The van der Waals surface area contributed by atoms with Gasteiger partial charge in [-0.25, -0.2) is 5.43 Å². The van der Waals surface area contributed by atoms with Crippen LogP contribution in [-0.4, -0.2) is 32.8 Å². The van der Waals surface area contributed by atoms with E-state index in [2.05, 4.69) is 26.5 Å². The normalized spacial score (nSPS) is 10.8. The van der Waals surface area contributed by atoms with Crippen molar-refractivity contribution in [2.24, 2.45) is 5.10 Å². The van der Waals surface area contributed by atoms with Crippen molar-refractivity contribution in [1.29, 1.82) is 0 Å². The van der Waals surface area contributed by atoms with Crippen LogP contribution in [0.2, 0.25) is 5.02 Å². The van der Waals surface area contributed by atoms with Crippen LogP contribution < -0.4 is 15.1 Å². The lowest BCUT2D eigenvalue weighted by molar-refractivity contribution is -0.123. The number of rotatable bonds is 6. The van der Waals surface area contributed by atoms with E-state index in [9.17, 15) is 4.79 Å². The summed E-state index contributed by atoms with van der Waals surface area (Å²) in [6.45, 7) is -0.164. The Morgan fingerprint density at radius 2 is 2.26 bits per heavy atom. The zero-order valence-corrected chi connectivity index (χ0v) is 14.9. The summed E-state index contributed by atoms with van der Waals surface area (Å²) in [5.74, 6) is 1.31. The Balaban J connectivity index is 1.83. The van der Waals surface area contributed by atoms with Crippen molar-refractivity contribution in [3.05, 3.63) is 45.6 Å². The van der Waals surface area contributed by atoms with Crippen LogP contribution >= 0.6 is 27.5 Å². The molecule has 122 valence electrons. The van der Waals surface area contributed by atoms with Crippen LogP contribution in [0.25, 0.3) is 0 Å². The van der Waals surface area contributed by atoms with Gasteiger partial charge in [-0.15, -0.1) is 0 Å². The SMILES string of the molecule is CN(C)c1oc(/C=N\NC(=O)COc2cccc(Cl)c2)cc1Br. The highest BCUT2D eigenvalue weighted by molar-refractivity contribution is 9.10. The molecule has 0 aliphatic rings. The van der Waals surface area contributed by atoms with E-state index in [0.29, 0.717) is 22.4 Å². The lowest BCUT2D eigenvalue weighted by atomic mass is 10.3. The summed E-state index contributed by atoms with van der Waals surface area (Å²) >= 11 is 9.21. The molecule has 2 rings (SSSR count). The fourth-order valence-corrected chi connectivity index (χ4v) is 2.49. The van der Waals surface area contributed by atoms with Gasteiger partial charge in [0, 0.05) is 25.2 Å². The maximum Gasteiger partial charge on any atom is 0.277 e. The van der Waals surface area contributed by atoms with Gasteiger partial charge in [-0.05, 0) is 34.1 Å². The van der Waals surface area contributed by atoms with Crippen molar-refractivity contribution in [3.63, 3.8) is 0 Å². The van der Waals surface area contributed by atoms with Gasteiger partial charge in [0.1, 0.15) is 5.75 Å². The van der Waals surface area contributed by atoms with Crippen molar-refractivity contribution in [2.75, 3.05) is 25.6 Å². The Labute approximate surface area is 147 Å². The fraction of sp³-hybridized carbons (Fsp3) is 0.200. The predicted molar refractivity (Wildman–Crippen MR) is 93.4 cm³/mol. The lowest BCUT2D eigenvalue weighted by Gasteiger charge is -2.07. The number of carbonyl (C=O) groups is 1. The summed E-state index contributed by atoms with van der Waals surface area (Å²) in [6.07, 6.45) is 1.41. The van der Waals surface area contributed by atoms with Gasteiger partial charge in [0.2, 0.25) is 5.88 Å². The number of hydrogen-bond donors (Lipinski definition) is 1. The first-order valence-electron chi connectivity index (χ1n) is 6.62. The van der Waals surface area contributed by atoms with Crippen LogP contribution in [0.5, 0.6) is 5.75 Å². The molecule has 1 aromatic carbocycles. The van der Waals surface area contributed by atoms with Crippen molar-refractivity contribution in [1.82, 2.24) is 5.43 Å². The van der Waals surface area contributed by atoms with E-state index in [1.165, 1.54) is 6.21 Å². The summed E-state index contributed by atoms with van der Waals surface area (Å²) in [6, 6.07) is 8.56. The molecule has 0 saturated heterocycles. The third-order valence-electron chi connectivity index (χ3n) is 2.64. The standard InChI is InChI=1S/C15H15BrClN3O3/c1-20(2)15-13(16)7-12(23-15)8-18-19-14(21)9-22-11-5-3-4-10(17)6-11/h3-8H,9H2,1-2H3,(H,19,21)/b18-8-. The first-order chi connectivity index (χ1) is 11.0. The van der Waals surface area contributed by atoms with Gasteiger partial charge in [-0.1, -0.05) is 17.7 Å². The average Bonchev–Trinajstić information content (AvgIpc) is 2.86. The summed E-state index contributed by atoms with van der Waals surface area (Å²) in [7, 11) is 3.72. The molecule has 1 aromatic heterocycles. The van der Waals surface area contributed by atoms with Gasteiger partial charge in [-0.2, -0.15) is 5.10 Å². The highest BCUT2D eigenvalue weighted by Gasteiger charge is 2.09. The minimum absolute atomic E-state index is 0.164. The molecule has 0 aliphatic heterocycles. The largest absolute Gasteiger partial charge is 0.484 e. The number of carbonyl (C=O) groups excluding carboxylic acids is 1. The summed E-state index contributed by atoms with van der Waals surface area (Å²) in [4.78, 5) is 13.5. The van der Waals surface area contributed by atoms with E-state index in [4.69, 9.17) is 20.8 Å². The van der Waals surface area contributed by atoms with E-state index in [-0.39, 0.29) is 12.5 Å². The molecule has 6 nitrogen and oxygen atoms in total. The van der Waals surface area contributed by atoms with Crippen LogP contribution in [-0.2, 0) is 4.79 Å². The number of ether oxygens (including phenoxy) is 1. The van der Waals surface area contributed by atoms with Crippen molar-refractivity contribution in [2.45, 2.75) is 0 Å². The highest BCUT2D eigenvalue weighted by atomic mass is 79.9. The number of hydrazone groups is 1. The molecule has 1 N–H and O–H groups in total. The minimum Gasteiger partial charge on any atom is -0.484 e. The molecule has 23 heavy (non-hydrogen) atoms. The second-order valence-electron chi connectivity index (χ2n) is 4.74. The van der Waals surface area contributed by atoms with Gasteiger partial charge in [0.25, 0.3) is 5.91 Å². The van der Waals surface area contributed by atoms with Crippen molar-refractivity contribution in [3.8, 4) is 5.75 Å². The fourth-order valence-electron chi connectivity index (χ4n) is 1.65. The third kappa shape index (κ3) is 5.30. The monoisotopic (exact) mass is 399 g/mol. The van der Waals surface area contributed by atoms with E-state index >= 15 is 0 Å². The number of halogens is 2.